The highest BCUT2D eigenvalue weighted by Gasteiger charge is 2.17. The number of halogens is 2. The predicted molar refractivity (Wildman–Crippen MR) is 80.3 cm³/mol. The number of rotatable bonds is 3. The molecule has 98 valence electrons. The van der Waals surface area contributed by atoms with Crippen LogP contribution in [-0.2, 0) is 0 Å². The molecule has 2 nitrogen and oxygen atoms in total. The lowest BCUT2D eigenvalue weighted by Gasteiger charge is -2.10. The predicted octanol–water partition coefficient (Wildman–Crippen LogP) is 4.65. The van der Waals surface area contributed by atoms with E-state index < -0.39 is 0 Å². The first-order chi connectivity index (χ1) is 9.02. The Hall–Kier alpha value is -1.32. The third-order valence-electron chi connectivity index (χ3n) is 2.77. The Bertz CT molecular complexity index is 638. The molecular formula is C15H12BrClO2. The molecule has 4 heteroatoms. The molecule has 0 unspecified atom stereocenters. The Morgan fingerprint density at radius 1 is 1.16 bits per heavy atom. The van der Waals surface area contributed by atoms with Gasteiger partial charge >= 0.3 is 0 Å². The summed E-state index contributed by atoms with van der Waals surface area (Å²) >= 11 is 9.36. The van der Waals surface area contributed by atoms with Crippen LogP contribution in [0.25, 0.3) is 0 Å². The van der Waals surface area contributed by atoms with E-state index in [-0.39, 0.29) is 5.78 Å². The lowest BCUT2D eigenvalue weighted by atomic mass is 10.0. The molecule has 0 saturated carbocycles. The number of ketones is 1. The maximum absolute atomic E-state index is 12.6. The molecule has 0 N–H and O–H groups in total. The van der Waals surface area contributed by atoms with Crippen molar-refractivity contribution in [2.75, 3.05) is 7.11 Å². The standard InChI is InChI=1S/C15H12BrClO2/c1-9-3-5-13(16)11(7-9)15(18)12-8-10(17)4-6-14(12)19-2/h3-8H,1-2H3. The quantitative estimate of drug-likeness (QED) is 0.761. The molecule has 0 atom stereocenters. The van der Waals surface area contributed by atoms with Crippen LogP contribution in [0.1, 0.15) is 21.5 Å². The number of hydrogen-bond acceptors (Lipinski definition) is 2. The van der Waals surface area contributed by atoms with Crippen molar-refractivity contribution in [3.05, 3.63) is 62.6 Å². The largest absolute Gasteiger partial charge is 0.496 e. The van der Waals surface area contributed by atoms with E-state index in [0.29, 0.717) is 21.9 Å². The number of hydrogen-bond donors (Lipinski definition) is 0. The zero-order valence-electron chi connectivity index (χ0n) is 10.5. The minimum absolute atomic E-state index is 0.116. The van der Waals surface area contributed by atoms with Crippen LogP contribution >= 0.6 is 27.5 Å². The second-order valence-corrected chi connectivity index (χ2v) is 5.45. The van der Waals surface area contributed by atoms with Crippen molar-refractivity contribution < 1.29 is 9.53 Å². The van der Waals surface area contributed by atoms with Gasteiger partial charge in [-0.05, 0) is 37.3 Å². The number of carbonyl (C=O) groups excluding carboxylic acids is 1. The van der Waals surface area contributed by atoms with Crippen LogP contribution in [0.2, 0.25) is 5.02 Å². The molecule has 0 fully saturated rings. The summed E-state index contributed by atoms with van der Waals surface area (Å²) in [6.07, 6.45) is 0. The molecule has 0 saturated heterocycles. The summed E-state index contributed by atoms with van der Waals surface area (Å²) in [7, 11) is 1.53. The van der Waals surface area contributed by atoms with Gasteiger partial charge in [-0.25, -0.2) is 0 Å². The Labute approximate surface area is 125 Å². The highest BCUT2D eigenvalue weighted by molar-refractivity contribution is 9.10. The minimum atomic E-state index is -0.116. The van der Waals surface area contributed by atoms with Gasteiger partial charge in [-0.1, -0.05) is 39.2 Å². The Balaban J connectivity index is 2.55. The molecule has 0 heterocycles. The normalized spacial score (nSPS) is 10.3. The summed E-state index contributed by atoms with van der Waals surface area (Å²) in [4.78, 5) is 12.6. The van der Waals surface area contributed by atoms with Crippen molar-refractivity contribution in [1.29, 1.82) is 0 Å². The lowest BCUT2D eigenvalue weighted by Crippen LogP contribution is -2.05. The van der Waals surface area contributed by atoms with Crippen molar-refractivity contribution in [1.82, 2.24) is 0 Å². The number of carbonyl (C=O) groups is 1. The average Bonchev–Trinajstić information content (AvgIpc) is 2.40. The van der Waals surface area contributed by atoms with Gasteiger partial charge < -0.3 is 4.74 Å². The van der Waals surface area contributed by atoms with Gasteiger partial charge in [0.2, 0.25) is 0 Å². The van der Waals surface area contributed by atoms with Gasteiger partial charge in [-0.3, -0.25) is 4.79 Å². The van der Waals surface area contributed by atoms with Gasteiger partial charge in [0.15, 0.2) is 5.78 Å². The van der Waals surface area contributed by atoms with Crippen molar-refractivity contribution in [3.63, 3.8) is 0 Å². The zero-order valence-corrected chi connectivity index (χ0v) is 12.9. The molecule has 0 radical (unpaired) electrons. The Morgan fingerprint density at radius 2 is 1.89 bits per heavy atom. The third-order valence-corrected chi connectivity index (χ3v) is 3.70. The summed E-state index contributed by atoms with van der Waals surface area (Å²) in [6, 6.07) is 10.7. The molecule has 0 aliphatic rings. The summed E-state index contributed by atoms with van der Waals surface area (Å²) in [5, 5.41) is 0.507. The topological polar surface area (TPSA) is 26.3 Å². The van der Waals surface area contributed by atoms with Crippen LogP contribution in [-0.4, -0.2) is 12.9 Å². The van der Waals surface area contributed by atoms with E-state index in [1.54, 1.807) is 18.2 Å². The van der Waals surface area contributed by atoms with E-state index in [2.05, 4.69) is 15.9 Å². The Kier molecular flexibility index (Phi) is 4.27. The van der Waals surface area contributed by atoms with Gasteiger partial charge in [-0.15, -0.1) is 0 Å². The monoisotopic (exact) mass is 338 g/mol. The number of benzene rings is 2. The number of methoxy groups -OCH3 is 1. The molecule has 0 aromatic heterocycles. The van der Waals surface area contributed by atoms with Crippen molar-refractivity contribution in [2.45, 2.75) is 6.92 Å². The van der Waals surface area contributed by atoms with E-state index in [9.17, 15) is 4.79 Å². The van der Waals surface area contributed by atoms with Crippen molar-refractivity contribution >= 4 is 33.3 Å². The molecule has 0 aliphatic heterocycles. The van der Waals surface area contributed by atoms with E-state index >= 15 is 0 Å². The summed E-state index contributed by atoms with van der Waals surface area (Å²) in [5.41, 5.74) is 2.08. The SMILES string of the molecule is COc1ccc(Cl)cc1C(=O)c1cc(C)ccc1Br. The molecule has 0 bridgehead atoms. The van der Waals surface area contributed by atoms with Gasteiger partial charge in [0.05, 0.1) is 12.7 Å². The molecular weight excluding hydrogens is 328 g/mol. The second-order valence-electron chi connectivity index (χ2n) is 4.16. The first-order valence-electron chi connectivity index (χ1n) is 5.67. The highest BCUT2D eigenvalue weighted by Crippen LogP contribution is 2.28. The number of ether oxygens (including phenoxy) is 1. The van der Waals surface area contributed by atoms with E-state index in [1.165, 1.54) is 7.11 Å². The molecule has 2 rings (SSSR count). The smallest absolute Gasteiger partial charge is 0.197 e. The second kappa shape index (κ2) is 5.76. The van der Waals surface area contributed by atoms with Gasteiger partial charge in [0.25, 0.3) is 0 Å². The Morgan fingerprint density at radius 3 is 2.58 bits per heavy atom. The van der Waals surface area contributed by atoms with Crippen molar-refractivity contribution in [3.8, 4) is 5.75 Å². The maximum atomic E-state index is 12.6. The third kappa shape index (κ3) is 2.99. The molecule has 19 heavy (non-hydrogen) atoms. The first kappa shape index (κ1) is 14.1. The van der Waals surface area contributed by atoms with Crippen LogP contribution in [0.15, 0.2) is 40.9 Å². The summed E-state index contributed by atoms with van der Waals surface area (Å²) in [6.45, 7) is 1.94. The van der Waals surface area contributed by atoms with Gasteiger partial charge in [0, 0.05) is 15.1 Å². The molecule has 2 aromatic carbocycles. The van der Waals surface area contributed by atoms with Crippen LogP contribution in [0.4, 0.5) is 0 Å². The molecule has 0 aliphatic carbocycles. The number of aryl methyl sites for hydroxylation is 1. The van der Waals surface area contributed by atoms with E-state index in [0.717, 1.165) is 10.0 Å². The fraction of sp³-hybridized carbons (Fsp3) is 0.133. The first-order valence-corrected chi connectivity index (χ1v) is 6.84. The fourth-order valence-electron chi connectivity index (χ4n) is 1.82. The average molecular weight is 340 g/mol. The minimum Gasteiger partial charge on any atom is -0.496 e. The molecule has 2 aromatic rings. The van der Waals surface area contributed by atoms with Crippen LogP contribution in [0.3, 0.4) is 0 Å². The van der Waals surface area contributed by atoms with Crippen LogP contribution in [0, 0.1) is 6.92 Å². The highest BCUT2D eigenvalue weighted by atomic mass is 79.9. The van der Waals surface area contributed by atoms with E-state index in [4.69, 9.17) is 16.3 Å². The maximum Gasteiger partial charge on any atom is 0.197 e. The van der Waals surface area contributed by atoms with Gasteiger partial charge in [-0.2, -0.15) is 0 Å². The summed E-state index contributed by atoms with van der Waals surface area (Å²) < 4.78 is 5.97. The van der Waals surface area contributed by atoms with Crippen molar-refractivity contribution in [2.24, 2.45) is 0 Å². The molecule has 0 spiro atoms. The zero-order chi connectivity index (χ0) is 14.0. The fourth-order valence-corrected chi connectivity index (χ4v) is 2.41. The molecule has 0 amide bonds. The van der Waals surface area contributed by atoms with E-state index in [1.807, 2.05) is 25.1 Å². The van der Waals surface area contributed by atoms with Crippen LogP contribution in [0.5, 0.6) is 5.75 Å². The van der Waals surface area contributed by atoms with Crippen LogP contribution < -0.4 is 4.74 Å². The summed E-state index contributed by atoms with van der Waals surface area (Å²) in [5.74, 6) is 0.401. The lowest BCUT2D eigenvalue weighted by molar-refractivity contribution is 0.103. The van der Waals surface area contributed by atoms with Gasteiger partial charge in [0.1, 0.15) is 5.75 Å².